The fourth-order valence-corrected chi connectivity index (χ4v) is 2.76. The van der Waals surface area contributed by atoms with Crippen molar-refractivity contribution in [3.05, 3.63) is 30.2 Å². The summed E-state index contributed by atoms with van der Waals surface area (Å²) in [7, 11) is 3.91. The Balaban J connectivity index is 1.61. The number of nitriles is 1. The van der Waals surface area contributed by atoms with Gasteiger partial charge in [-0.2, -0.15) is 10.4 Å². The summed E-state index contributed by atoms with van der Waals surface area (Å²) < 4.78 is 0. The van der Waals surface area contributed by atoms with E-state index in [4.69, 9.17) is 0 Å². The molecule has 0 bridgehead atoms. The molecule has 24 heavy (non-hydrogen) atoms. The molecule has 8 nitrogen and oxygen atoms in total. The highest BCUT2D eigenvalue weighted by atomic mass is 15.3. The van der Waals surface area contributed by atoms with E-state index in [-0.39, 0.29) is 0 Å². The Bertz CT molecular complexity index is 731. The molecule has 0 saturated carbocycles. The predicted octanol–water partition coefficient (Wildman–Crippen LogP) is 1.29. The first kappa shape index (κ1) is 15.9. The Labute approximate surface area is 141 Å². The lowest BCUT2D eigenvalue weighted by Gasteiger charge is -2.33. The van der Waals surface area contributed by atoms with Crippen molar-refractivity contribution in [2.45, 2.75) is 18.9 Å². The van der Waals surface area contributed by atoms with Crippen molar-refractivity contribution in [1.82, 2.24) is 20.2 Å². The largest absolute Gasteiger partial charge is 0.367 e. The highest BCUT2D eigenvalue weighted by molar-refractivity contribution is 5.53. The quantitative estimate of drug-likeness (QED) is 0.899. The number of hydrogen-bond donors (Lipinski definition) is 1. The third kappa shape index (κ3) is 3.51. The molecule has 2 aromatic rings. The molecule has 1 fully saturated rings. The minimum absolute atomic E-state index is 0.341. The first-order valence-corrected chi connectivity index (χ1v) is 7.90. The van der Waals surface area contributed by atoms with Crippen LogP contribution in [0.4, 0.5) is 17.5 Å². The number of rotatable bonds is 4. The maximum absolute atomic E-state index is 9.19. The van der Waals surface area contributed by atoms with Crippen LogP contribution in [0, 0.1) is 11.3 Å². The fourth-order valence-electron chi connectivity index (χ4n) is 2.76. The standard InChI is InChI=1S/C16H20N8/c1-23(2)15-9-14(18-11-19-15)21-13-4-7-24(8-5-13)16-12(10-17)3-6-20-22-16/h3,6,9,11,13H,4-5,7-8H2,1-2H3,(H,18,19,21). The lowest BCUT2D eigenvalue weighted by atomic mass is 10.0. The molecule has 1 saturated heterocycles. The van der Waals surface area contributed by atoms with Gasteiger partial charge in [0, 0.05) is 39.3 Å². The molecule has 1 aliphatic heterocycles. The zero-order chi connectivity index (χ0) is 16.9. The highest BCUT2D eigenvalue weighted by Gasteiger charge is 2.22. The van der Waals surface area contributed by atoms with E-state index in [0.29, 0.717) is 17.4 Å². The summed E-state index contributed by atoms with van der Waals surface area (Å²) in [5.41, 5.74) is 0.572. The van der Waals surface area contributed by atoms with Crippen molar-refractivity contribution in [1.29, 1.82) is 5.26 Å². The maximum atomic E-state index is 9.19. The molecule has 0 spiro atoms. The second-order valence-electron chi connectivity index (χ2n) is 5.94. The summed E-state index contributed by atoms with van der Waals surface area (Å²) in [6, 6.07) is 6.17. The zero-order valence-electron chi connectivity index (χ0n) is 13.8. The maximum Gasteiger partial charge on any atom is 0.169 e. The molecule has 8 heteroatoms. The molecule has 2 aromatic heterocycles. The number of anilines is 3. The van der Waals surface area contributed by atoms with Crippen molar-refractivity contribution in [2.24, 2.45) is 0 Å². The van der Waals surface area contributed by atoms with E-state index in [9.17, 15) is 5.26 Å². The minimum Gasteiger partial charge on any atom is -0.367 e. The van der Waals surface area contributed by atoms with Crippen molar-refractivity contribution >= 4 is 17.5 Å². The van der Waals surface area contributed by atoms with Crippen molar-refractivity contribution in [3.63, 3.8) is 0 Å². The summed E-state index contributed by atoms with van der Waals surface area (Å²) in [6.07, 6.45) is 5.02. The molecule has 0 radical (unpaired) electrons. The van der Waals surface area contributed by atoms with Crippen LogP contribution >= 0.6 is 0 Å². The van der Waals surface area contributed by atoms with Gasteiger partial charge in [0.2, 0.25) is 0 Å². The average molecular weight is 324 g/mol. The lowest BCUT2D eigenvalue weighted by molar-refractivity contribution is 0.520. The Kier molecular flexibility index (Phi) is 4.70. The van der Waals surface area contributed by atoms with Gasteiger partial charge in [0.1, 0.15) is 24.0 Å². The van der Waals surface area contributed by atoms with Gasteiger partial charge in [0.25, 0.3) is 0 Å². The van der Waals surface area contributed by atoms with Gasteiger partial charge in [0.15, 0.2) is 5.82 Å². The normalized spacial score (nSPS) is 15.0. The van der Waals surface area contributed by atoms with E-state index >= 15 is 0 Å². The monoisotopic (exact) mass is 324 g/mol. The van der Waals surface area contributed by atoms with Crippen LogP contribution < -0.4 is 15.1 Å². The number of hydrogen-bond acceptors (Lipinski definition) is 8. The number of nitrogens with one attached hydrogen (secondary N) is 1. The summed E-state index contributed by atoms with van der Waals surface area (Å²) in [5, 5.41) is 20.7. The molecule has 0 aromatic carbocycles. The molecule has 1 N–H and O–H groups in total. The SMILES string of the molecule is CN(C)c1cc(NC2CCN(c3nnccc3C#N)CC2)ncn1. The molecular weight excluding hydrogens is 304 g/mol. The van der Waals surface area contributed by atoms with E-state index in [0.717, 1.165) is 37.6 Å². The Morgan fingerprint density at radius 1 is 1.29 bits per heavy atom. The second kappa shape index (κ2) is 7.08. The van der Waals surface area contributed by atoms with Crippen molar-refractivity contribution in [2.75, 3.05) is 42.3 Å². The summed E-state index contributed by atoms with van der Waals surface area (Å²) in [4.78, 5) is 12.6. The average Bonchev–Trinajstić information content (AvgIpc) is 2.62. The van der Waals surface area contributed by atoms with Gasteiger partial charge in [-0.25, -0.2) is 9.97 Å². The molecule has 0 atom stereocenters. The van der Waals surface area contributed by atoms with Crippen LogP contribution in [0.25, 0.3) is 0 Å². The lowest BCUT2D eigenvalue weighted by Crippen LogP contribution is -2.40. The van der Waals surface area contributed by atoms with E-state index in [1.807, 2.05) is 25.1 Å². The van der Waals surface area contributed by atoms with Gasteiger partial charge in [-0.3, -0.25) is 0 Å². The summed E-state index contributed by atoms with van der Waals surface area (Å²) in [6.45, 7) is 1.66. The summed E-state index contributed by atoms with van der Waals surface area (Å²) in [5.74, 6) is 2.39. The van der Waals surface area contributed by atoms with Gasteiger partial charge in [-0.05, 0) is 18.9 Å². The zero-order valence-corrected chi connectivity index (χ0v) is 13.8. The molecule has 0 amide bonds. The van der Waals surface area contributed by atoms with Crippen LogP contribution in [-0.2, 0) is 0 Å². The van der Waals surface area contributed by atoms with Crippen LogP contribution in [0.3, 0.4) is 0 Å². The Morgan fingerprint density at radius 3 is 2.79 bits per heavy atom. The van der Waals surface area contributed by atoms with Gasteiger partial charge in [-0.15, -0.1) is 5.10 Å². The van der Waals surface area contributed by atoms with Gasteiger partial charge in [0.05, 0.1) is 11.8 Å². The van der Waals surface area contributed by atoms with Gasteiger partial charge >= 0.3 is 0 Å². The smallest absolute Gasteiger partial charge is 0.169 e. The molecular formula is C16H20N8. The summed E-state index contributed by atoms with van der Waals surface area (Å²) >= 11 is 0. The molecule has 0 aliphatic carbocycles. The highest BCUT2D eigenvalue weighted by Crippen LogP contribution is 2.22. The molecule has 3 heterocycles. The third-order valence-corrected chi connectivity index (χ3v) is 4.08. The van der Waals surface area contributed by atoms with Crippen LogP contribution in [0.2, 0.25) is 0 Å². The number of nitrogens with zero attached hydrogens (tertiary/aromatic N) is 7. The van der Waals surface area contributed by atoms with E-state index < -0.39 is 0 Å². The third-order valence-electron chi connectivity index (χ3n) is 4.08. The Morgan fingerprint density at radius 2 is 2.08 bits per heavy atom. The fraction of sp³-hybridized carbons (Fsp3) is 0.438. The van der Waals surface area contributed by atoms with Crippen LogP contribution in [0.5, 0.6) is 0 Å². The van der Waals surface area contributed by atoms with Crippen LogP contribution in [-0.4, -0.2) is 53.4 Å². The topological polar surface area (TPSA) is 93.9 Å². The first-order chi connectivity index (χ1) is 11.7. The van der Waals surface area contributed by atoms with E-state index in [1.54, 1.807) is 18.6 Å². The van der Waals surface area contributed by atoms with Crippen LogP contribution in [0.1, 0.15) is 18.4 Å². The van der Waals surface area contributed by atoms with Crippen LogP contribution in [0.15, 0.2) is 24.7 Å². The number of aromatic nitrogens is 4. The molecule has 0 unspecified atom stereocenters. The van der Waals surface area contributed by atoms with E-state index in [1.165, 1.54) is 0 Å². The first-order valence-electron chi connectivity index (χ1n) is 7.90. The minimum atomic E-state index is 0.341. The van der Waals surface area contributed by atoms with Crippen molar-refractivity contribution < 1.29 is 0 Å². The van der Waals surface area contributed by atoms with Crippen molar-refractivity contribution in [3.8, 4) is 6.07 Å². The molecule has 124 valence electrons. The van der Waals surface area contributed by atoms with E-state index in [2.05, 4.69) is 36.5 Å². The van der Waals surface area contributed by atoms with Gasteiger partial charge in [-0.1, -0.05) is 0 Å². The van der Waals surface area contributed by atoms with Gasteiger partial charge < -0.3 is 15.1 Å². The number of piperidine rings is 1. The molecule has 1 aliphatic rings. The predicted molar refractivity (Wildman–Crippen MR) is 92.0 cm³/mol. The Hall–Kier alpha value is -2.95. The molecule has 3 rings (SSSR count). The second-order valence-corrected chi connectivity index (χ2v) is 5.94.